The first kappa shape index (κ1) is 23.3. The molecule has 0 fully saturated rings. The highest BCUT2D eigenvalue weighted by Crippen LogP contribution is 2.29. The van der Waals surface area contributed by atoms with Crippen LogP contribution in [0.25, 0.3) is 0 Å². The van der Waals surface area contributed by atoms with Gasteiger partial charge in [0, 0.05) is 56.3 Å². The lowest BCUT2D eigenvalue weighted by Crippen LogP contribution is -2.47. The first-order valence-electron chi connectivity index (χ1n) is 11.4. The summed E-state index contributed by atoms with van der Waals surface area (Å²) < 4.78 is 0. The summed E-state index contributed by atoms with van der Waals surface area (Å²) >= 11 is 0. The minimum atomic E-state index is -0.387. The summed E-state index contributed by atoms with van der Waals surface area (Å²) in [5.74, 6) is -0.0576. The van der Waals surface area contributed by atoms with Crippen LogP contribution < -0.4 is 10.2 Å². The van der Waals surface area contributed by atoms with Crippen molar-refractivity contribution < 1.29 is 9.72 Å². The number of nitrogens with one attached hydrogen (secondary N) is 1. The molecule has 1 aliphatic heterocycles. The predicted octanol–water partition coefficient (Wildman–Crippen LogP) is 4.96. The van der Waals surface area contributed by atoms with Crippen LogP contribution in [-0.2, 0) is 13.0 Å². The molecule has 0 radical (unpaired) electrons. The molecule has 0 spiro atoms. The predicted molar refractivity (Wildman–Crippen MR) is 136 cm³/mol. The highest BCUT2D eigenvalue weighted by molar-refractivity contribution is 5.95. The molecule has 0 saturated carbocycles. The number of hydrogen-bond acceptors (Lipinski definition) is 5. The van der Waals surface area contributed by atoms with E-state index in [1.54, 1.807) is 12.1 Å². The summed E-state index contributed by atoms with van der Waals surface area (Å²) in [6.07, 6.45) is 0.629. The molecule has 176 valence electrons. The molecule has 1 atom stereocenters. The van der Waals surface area contributed by atoms with E-state index < -0.39 is 0 Å². The number of anilines is 2. The fourth-order valence-corrected chi connectivity index (χ4v) is 4.56. The summed E-state index contributed by atoms with van der Waals surface area (Å²) in [4.78, 5) is 28.5. The Morgan fingerprint density at radius 3 is 2.47 bits per heavy atom. The Kier molecular flexibility index (Phi) is 6.54. The number of hydrogen-bond donors (Lipinski definition) is 1. The van der Waals surface area contributed by atoms with Crippen molar-refractivity contribution in [3.63, 3.8) is 0 Å². The zero-order chi connectivity index (χ0) is 24.4. The zero-order valence-corrected chi connectivity index (χ0v) is 20.0. The fourth-order valence-electron chi connectivity index (χ4n) is 4.56. The molecule has 1 heterocycles. The maximum Gasteiger partial charge on any atom is 0.269 e. The van der Waals surface area contributed by atoms with Crippen LogP contribution in [0, 0.1) is 24.0 Å². The highest BCUT2D eigenvalue weighted by atomic mass is 16.6. The van der Waals surface area contributed by atoms with Crippen LogP contribution in [0.2, 0.25) is 0 Å². The first-order valence-corrected chi connectivity index (χ1v) is 11.4. The van der Waals surface area contributed by atoms with Crippen molar-refractivity contribution in [3.05, 3.63) is 98.6 Å². The quantitative estimate of drug-likeness (QED) is 0.417. The molecule has 7 nitrogen and oxygen atoms in total. The third-order valence-corrected chi connectivity index (χ3v) is 6.27. The van der Waals surface area contributed by atoms with E-state index in [1.165, 1.54) is 0 Å². The van der Waals surface area contributed by atoms with Gasteiger partial charge in [0.15, 0.2) is 0 Å². The average Bonchev–Trinajstić information content (AvgIpc) is 2.80. The van der Waals surface area contributed by atoms with Crippen molar-refractivity contribution in [1.82, 2.24) is 4.90 Å². The lowest BCUT2D eigenvalue weighted by Gasteiger charge is -2.37. The smallest absolute Gasteiger partial charge is 0.269 e. The van der Waals surface area contributed by atoms with Crippen LogP contribution in [0.3, 0.4) is 0 Å². The SMILES string of the molecule is Cc1cc(C)cc(C(=O)N2Cc3cc([N+](=O)[O-])ccc3CC2CNc2cccc(N(C)C)c2)c1. The lowest BCUT2D eigenvalue weighted by atomic mass is 9.92. The van der Waals surface area contributed by atoms with Crippen molar-refractivity contribution in [2.75, 3.05) is 30.9 Å². The van der Waals surface area contributed by atoms with E-state index in [2.05, 4.69) is 11.4 Å². The Bertz CT molecular complexity index is 1220. The van der Waals surface area contributed by atoms with Gasteiger partial charge in [0.1, 0.15) is 0 Å². The Morgan fingerprint density at radius 2 is 1.79 bits per heavy atom. The van der Waals surface area contributed by atoms with E-state index in [4.69, 9.17) is 0 Å². The second-order valence-electron chi connectivity index (χ2n) is 9.20. The minimum Gasteiger partial charge on any atom is -0.383 e. The van der Waals surface area contributed by atoms with E-state index in [0.29, 0.717) is 25.1 Å². The molecule has 3 aromatic carbocycles. The molecule has 1 amide bonds. The molecule has 1 N–H and O–H groups in total. The van der Waals surface area contributed by atoms with Gasteiger partial charge in [-0.05, 0) is 61.7 Å². The molecular formula is C27H30N4O3. The van der Waals surface area contributed by atoms with Crippen LogP contribution in [-0.4, -0.2) is 42.4 Å². The molecular weight excluding hydrogens is 428 g/mol. The Balaban J connectivity index is 1.64. The maximum atomic E-state index is 13.7. The normalized spacial score (nSPS) is 14.9. The zero-order valence-electron chi connectivity index (χ0n) is 20.0. The Hall–Kier alpha value is -3.87. The molecule has 34 heavy (non-hydrogen) atoms. The fraction of sp³-hybridized carbons (Fsp3) is 0.296. The van der Waals surface area contributed by atoms with Crippen molar-refractivity contribution in [1.29, 1.82) is 0 Å². The van der Waals surface area contributed by atoms with E-state index in [0.717, 1.165) is 33.6 Å². The van der Waals surface area contributed by atoms with Gasteiger partial charge >= 0.3 is 0 Å². The van der Waals surface area contributed by atoms with Crippen LogP contribution >= 0.6 is 0 Å². The van der Waals surface area contributed by atoms with Crippen LogP contribution in [0.15, 0.2) is 60.7 Å². The standard InChI is InChI=1S/C27H30N4O3/c1-18-10-19(2)12-21(11-18)27(32)30-17-22-14-25(31(33)34)9-8-20(22)13-26(30)16-28-23-6-5-7-24(15-23)29(3)4/h5-12,14-15,26,28H,13,16-17H2,1-4H3. The Labute approximate surface area is 200 Å². The third kappa shape index (κ3) is 5.03. The van der Waals surface area contributed by atoms with E-state index >= 15 is 0 Å². The van der Waals surface area contributed by atoms with Crippen molar-refractivity contribution >= 4 is 23.0 Å². The van der Waals surface area contributed by atoms with E-state index in [-0.39, 0.29) is 22.6 Å². The van der Waals surface area contributed by atoms with Gasteiger partial charge in [-0.1, -0.05) is 29.3 Å². The number of aryl methyl sites for hydroxylation is 2. The van der Waals surface area contributed by atoms with Gasteiger partial charge in [-0.2, -0.15) is 0 Å². The largest absolute Gasteiger partial charge is 0.383 e. The van der Waals surface area contributed by atoms with Crippen LogP contribution in [0.1, 0.15) is 32.6 Å². The number of benzene rings is 3. The molecule has 1 aliphatic rings. The Morgan fingerprint density at radius 1 is 1.06 bits per heavy atom. The molecule has 4 rings (SSSR count). The van der Waals surface area contributed by atoms with Crippen LogP contribution in [0.5, 0.6) is 0 Å². The van der Waals surface area contributed by atoms with Crippen molar-refractivity contribution in [2.45, 2.75) is 32.9 Å². The highest BCUT2D eigenvalue weighted by Gasteiger charge is 2.31. The van der Waals surface area contributed by atoms with Crippen molar-refractivity contribution in [3.8, 4) is 0 Å². The van der Waals surface area contributed by atoms with Gasteiger partial charge in [0.05, 0.1) is 11.0 Å². The lowest BCUT2D eigenvalue weighted by molar-refractivity contribution is -0.385. The number of carbonyl (C=O) groups is 1. The molecule has 1 unspecified atom stereocenters. The first-order chi connectivity index (χ1) is 16.2. The van der Waals surface area contributed by atoms with Gasteiger partial charge in [-0.3, -0.25) is 14.9 Å². The van der Waals surface area contributed by atoms with Gasteiger partial charge in [-0.15, -0.1) is 0 Å². The number of rotatable bonds is 6. The van der Waals surface area contributed by atoms with Gasteiger partial charge in [0.2, 0.25) is 0 Å². The number of nitro groups is 1. The van der Waals surface area contributed by atoms with Gasteiger partial charge in [-0.25, -0.2) is 0 Å². The van der Waals surface area contributed by atoms with E-state index in [1.807, 2.05) is 80.2 Å². The monoisotopic (exact) mass is 458 g/mol. The number of carbonyl (C=O) groups excluding carboxylic acids is 1. The number of amides is 1. The van der Waals surface area contributed by atoms with E-state index in [9.17, 15) is 14.9 Å². The molecule has 3 aromatic rings. The second-order valence-corrected chi connectivity index (χ2v) is 9.20. The number of nitro benzene ring substituents is 1. The topological polar surface area (TPSA) is 78.7 Å². The molecule has 7 heteroatoms. The summed E-state index contributed by atoms with van der Waals surface area (Å²) in [5.41, 5.74) is 6.72. The second kappa shape index (κ2) is 9.55. The van der Waals surface area contributed by atoms with Gasteiger partial charge in [0.25, 0.3) is 11.6 Å². The summed E-state index contributed by atoms with van der Waals surface area (Å²) in [6, 6.07) is 18.9. The minimum absolute atomic E-state index is 0.0506. The third-order valence-electron chi connectivity index (χ3n) is 6.27. The number of nitrogens with zero attached hydrogens (tertiary/aromatic N) is 3. The number of fused-ring (bicyclic) bond motifs is 1. The molecule has 0 aromatic heterocycles. The van der Waals surface area contributed by atoms with Crippen LogP contribution in [0.4, 0.5) is 17.1 Å². The summed E-state index contributed by atoms with van der Waals surface area (Å²) in [7, 11) is 4.00. The summed E-state index contributed by atoms with van der Waals surface area (Å²) in [6.45, 7) is 4.88. The van der Waals surface area contributed by atoms with Crippen molar-refractivity contribution in [2.24, 2.45) is 0 Å². The maximum absolute atomic E-state index is 13.7. The molecule has 0 saturated heterocycles. The molecule has 0 aliphatic carbocycles. The van der Waals surface area contributed by atoms with Gasteiger partial charge < -0.3 is 15.1 Å². The molecule has 0 bridgehead atoms. The average molecular weight is 459 g/mol. The number of non-ortho nitro benzene ring substituents is 1. The summed E-state index contributed by atoms with van der Waals surface area (Å²) in [5, 5.41) is 14.8.